The molecule has 1 aromatic carbocycles. The van der Waals surface area contributed by atoms with E-state index in [2.05, 4.69) is 41.0 Å². The lowest BCUT2D eigenvalue weighted by Crippen LogP contribution is -2.36. The zero-order chi connectivity index (χ0) is 20.5. The Morgan fingerprint density at radius 3 is 2.47 bits per heavy atom. The van der Waals surface area contributed by atoms with Gasteiger partial charge in [0.25, 0.3) is 0 Å². The van der Waals surface area contributed by atoms with E-state index >= 15 is 0 Å². The molecule has 2 aliphatic heterocycles. The van der Waals surface area contributed by atoms with Crippen molar-refractivity contribution in [3.8, 4) is 0 Å². The minimum atomic E-state index is 0.327. The average Bonchev–Trinajstić information content (AvgIpc) is 3.49. The second kappa shape index (κ2) is 9.02. The highest BCUT2D eigenvalue weighted by Gasteiger charge is 2.45. The van der Waals surface area contributed by atoms with Crippen molar-refractivity contribution in [2.45, 2.75) is 83.1 Å². The number of benzene rings is 1. The van der Waals surface area contributed by atoms with Crippen LogP contribution in [0.3, 0.4) is 0 Å². The molecule has 4 atom stereocenters. The normalized spacial score (nSPS) is 32.6. The lowest BCUT2D eigenvalue weighted by Gasteiger charge is -2.27. The third-order valence-corrected chi connectivity index (χ3v) is 8.91. The standard InChI is InChI=1S/C27H40N2O/c1-20-6-5-16-28(20)17-15-21-9-11-22(12-10-21)25-14-13-24-18-29(19-26(24)25)27(30)23-7-3-2-4-8-23/h9-12,20,23-26H,2-8,13-19H2,1H3/t20?,24?,25?,26-/m1/s1. The van der Waals surface area contributed by atoms with Crippen LogP contribution in [0.2, 0.25) is 0 Å². The summed E-state index contributed by atoms with van der Waals surface area (Å²) in [6, 6.07) is 10.3. The summed E-state index contributed by atoms with van der Waals surface area (Å²) in [5, 5.41) is 0. The second-order valence-electron chi connectivity index (χ2n) is 10.7. The number of rotatable bonds is 5. The quantitative estimate of drug-likeness (QED) is 0.665. The first kappa shape index (κ1) is 20.5. The maximum absolute atomic E-state index is 13.0. The number of amides is 1. The maximum atomic E-state index is 13.0. The molecule has 4 aliphatic rings. The van der Waals surface area contributed by atoms with Crippen molar-refractivity contribution in [1.82, 2.24) is 9.80 Å². The molecule has 0 bridgehead atoms. The average molecular weight is 409 g/mol. The summed E-state index contributed by atoms with van der Waals surface area (Å²) in [4.78, 5) is 17.9. The molecule has 4 fully saturated rings. The third-order valence-electron chi connectivity index (χ3n) is 8.91. The fraction of sp³-hybridized carbons (Fsp3) is 0.741. The van der Waals surface area contributed by atoms with Crippen LogP contribution in [-0.2, 0) is 11.2 Å². The van der Waals surface area contributed by atoms with E-state index in [1.165, 1.54) is 75.6 Å². The van der Waals surface area contributed by atoms with Crippen LogP contribution < -0.4 is 0 Å². The number of carbonyl (C=O) groups excluding carboxylic acids is 1. The van der Waals surface area contributed by atoms with Crippen molar-refractivity contribution in [3.05, 3.63) is 35.4 Å². The summed E-state index contributed by atoms with van der Waals surface area (Å²) in [7, 11) is 0. The number of likely N-dealkylation sites (tertiary alicyclic amines) is 2. The summed E-state index contributed by atoms with van der Waals surface area (Å²) in [5.74, 6) is 2.89. The zero-order valence-corrected chi connectivity index (χ0v) is 18.9. The highest BCUT2D eigenvalue weighted by molar-refractivity contribution is 5.79. The van der Waals surface area contributed by atoms with Gasteiger partial charge in [-0.05, 0) is 87.3 Å². The summed E-state index contributed by atoms with van der Waals surface area (Å²) < 4.78 is 0. The van der Waals surface area contributed by atoms with Gasteiger partial charge in [0.1, 0.15) is 0 Å². The first-order valence-corrected chi connectivity index (χ1v) is 12.8. The SMILES string of the molecule is CC1CCCN1CCc1ccc(C2CCC3CN(C(=O)C4CCCCC4)C[C@H]32)cc1. The molecule has 0 aromatic heterocycles. The molecule has 2 saturated carbocycles. The van der Waals surface area contributed by atoms with E-state index in [1.54, 1.807) is 0 Å². The predicted octanol–water partition coefficient (Wildman–Crippen LogP) is 5.25. The first-order chi connectivity index (χ1) is 14.7. The lowest BCUT2D eigenvalue weighted by atomic mass is 9.86. The number of nitrogens with zero attached hydrogens (tertiary/aromatic N) is 2. The van der Waals surface area contributed by atoms with Gasteiger partial charge in [-0.25, -0.2) is 0 Å². The van der Waals surface area contributed by atoms with Gasteiger partial charge in [-0.2, -0.15) is 0 Å². The molecule has 0 radical (unpaired) electrons. The number of hydrogen-bond acceptors (Lipinski definition) is 2. The van der Waals surface area contributed by atoms with Crippen molar-refractivity contribution in [1.29, 1.82) is 0 Å². The van der Waals surface area contributed by atoms with Gasteiger partial charge in [-0.1, -0.05) is 43.5 Å². The summed E-state index contributed by atoms with van der Waals surface area (Å²) in [5.41, 5.74) is 3.00. The van der Waals surface area contributed by atoms with Crippen LogP contribution in [0.4, 0.5) is 0 Å². The van der Waals surface area contributed by atoms with Gasteiger partial charge in [0.15, 0.2) is 0 Å². The molecule has 3 nitrogen and oxygen atoms in total. The summed E-state index contributed by atoms with van der Waals surface area (Å²) in [6.07, 6.45) is 12.6. The molecule has 164 valence electrons. The molecule has 3 heteroatoms. The summed E-state index contributed by atoms with van der Waals surface area (Å²) >= 11 is 0. The molecule has 0 N–H and O–H groups in total. The zero-order valence-electron chi connectivity index (χ0n) is 18.9. The largest absolute Gasteiger partial charge is 0.342 e. The minimum absolute atomic E-state index is 0.327. The van der Waals surface area contributed by atoms with E-state index < -0.39 is 0 Å². The monoisotopic (exact) mass is 408 g/mol. The number of hydrogen-bond donors (Lipinski definition) is 0. The van der Waals surface area contributed by atoms with Crippen LogP contribution in [0.1, 0.15) is 81.8 Å². The number of carbonyl (C=O) groups is 1. The van der Waals surface area contributed by atoms with E-state index in [0.29, 0.717) is 23.7 Å². The Morgan fingerprint density at radius 2 is 1.73 bits per heavy atom. The highest BCUT2D eigenvalue weighted by atomic mass is 16.2. The van der Waals surface area contributed by atoms with Gasteiger partial charge in [0.05, 0.1) is 0 Å². The molecule has 1 aromatic rings. The molecule has 3 unspecified atom stereocenters. The van der Waals surface area contributed by atoms with Gasteiger partial charge in [0, 0.05) is 31.6 Å². The molecular formula is C27H40N2O. The van der Waals surface area contributed by atoms with Crippen LogP contribution in [0.25, 0.3) is 0 Å². The second-order valence-corrected chi connectivity index (χ2v) is 10.7. The van der Waals surface area contributed by atoms with Crippen LogP contribution in [-0.4, -0.2) is 47.9 Å². The Morgan fingerprint density at radius 1 is 0.933 bits per heavy atom. The van der Waals surface area contributed by atoms with Crippen molar-refractivity contribution in [3.63, 3.8) is 0 Å². The van der Waals surface area contributed by atoms with Crippen molar-refractivity contribution in [2.75, 3.05) is 26.2 Å². The van der Waals surface area contributed by atoms with Gasteiger partial charge in [-0.3, -0.25) is 4.79 Å². The van der Waals surface area contributed by atoms with Gasteiger partial charge in [-0.15, -0.1) is 0 Å². The maximum Gasteiger partial charge on any atom is 0.225 e. The Hall–Kier alpha value is -1.35. The molecule has 2 heterocycles. The van der Waals surface area contributed by atoms with E-state index in [1.807, 2.05) is 0 Å². The minimum Gasteiger partial charge on any atom is -0.342 e. The molecule has 30 heavy (non-hydrogen) atoms. The van der Waals surface area contributed by atoms with Gasteiger partial charge in [0.2, 0.25) is 5.91 Å². The van der Waals surface area contributed by atoms with Crippen LogP contribution in [0.5, 0.6) is 0 Å². The smallest absolute Gasteiger partial charge is 0.225 e. The van der Waals surface area contributed by atoms with E-state index in [4.69, 9.17) is 0 Å². The van der Waals surface area contributed by atoms with E-state index in [0.717, 1.165) is 37.9 Å². The van der Waals surface area contributed by atoms with Gasteiger partial charge >= 0.3 is 0 Å². The molecule has 1 amide bonds. The fourth-order valence-corrected chi connectivity index (χ4v) is 7.00. The van der Waals surface area contributed by atoms with E-state index in [-0.39, 0.29) is 0 Å². The lowest BCUT2D eigenvalue weighted by molar-refractivity contribution is -0.135. The highest BCUT2D eigenvalue weighted by Crippen LogP contribution is 2.48. The van der Waals surface area contributed by atoms with Crippen LogP contribution in [0.15, 0.2) is 24.3 Å². The Kier molecular flexibility index (Phi) is 6.18. The molecule has 5 rings (SSSR count). The molecule has 0 spiro atoms. The molecular weight excluding hydrogens is 368 g/mol. The fourth-order valence-electron chi connectivity index (χ4n) is 7.00. The van der Waals surface area contributed by atoms with Crippen molar-refractivity contribution >= 4 is 5.91 Å². The Balaban J connectivity index is 1.17. The molecule has 2 aliphatic carbocycles. The van der Waals surface area contributed by atoms with Crippen LogP contribution >= 0.6 is 0 Å². The van der Waals surface area contributed by atoms with Crippen molar-refractivity contribution < 1.29 is 4.79 Å². The van der Waals surface area contributed by atoms with E-state index in [9.17, 15) is 4.79 Å². The Labute approximate surface area is 183 Å². The topological polar surface area (TPSA) is 23.6 Å². The summed E-state index contributed by atoms with van der Waals surface area (Å²) in [6.45, 7) is 6.89. The first-order valence-electron chi connectivity index (χ1n) is 12.8. The van der Waals surface area contributed by atoms with Crippen LogP contribution in [0, 0.1) is 17.8 Å². The Bertz CT molecular complexity index is 723. The van der Waals surface area contributed by atoms with Crippen molar-refractivity contribution in [2.24, 2.45) is 17.8 Å². The number of fused-ring (bicyclic) bond motifs is 1. The predicted molar refractivity (Wildman–Crippen MR) is 123 cm³/mol. The van der Waals surface area contributed by atoms with Gasteiger partial charge < -0.3 is 9.80 Å². The molecule has 2 saturated heterocycles. The third kappa shape index (κ3) is 4.20.